The highest BCUT2D eigenvalue weighted by atomic mass is 19.1. The van der Waals surface area contributed by atoms with E-state index in [0.717, 1.165) is 6.07 Å². The first-order chi connectivity index (χ1) is 12.1. The van der Waals surface area contributed by atoms with Gasteiger partial charge >= 0.3 is 5.97 Å². The molecule has 0 fully saturated rings. The Morgan fingerprint density at radius 2 is 2.00 bits per heavy atom. The Bertz CT molecular complexity index is 927. The first kappa shape index (κ1) is 16.2. The van der Waals surface area contributed by atoms with Crippen LogP contribution in [0.1, 0.15) is 20.7 Å². The lowest BCUT2D eigenvalue weighted by molar-refractivity contribution is 0.0600. The van der Waals surface area contributed by atoms with Crippen LogP contribution in [0, 0.1) is 5.82 Å². The van der Waals surface area contributed by atoms with Crippen molar-refractivity contribution in [1.29, 1.82) is 0 Å². The summed E-state index contributed by atoms with van der Waals surface area (Å²) in [5.74, 6) is -1.84. The molecule has 0 saturated carbocycles. The molecule has 8 nitrogen and oxygen atoms in total. The third-order valence-corrected chi connectivity index (χ3v) is 3.36. The molecule has 3 aromatic rings. The number of hydrogen-bond acceptors (Lipinski definition) is 6. The number of nitrogens with one attached hydrogen (secondary N) is 1. The van der Waals surface area contributed by atoms with Crippen LogP contribution in [-0.2, 0) is 4.74 Å². The van der Waals surface area contributed by atoms with E-state index in [-0.39, 0.29) is 16.8 Å². The lowest BCUT2D eigenvalue weighted by Crippen LogP contribution is -2.14. The van der Waals surface area contributed by atoms with Crippen LogP contribution in [0.3, 0.4) is 0 Å². The second kappa shape index (κ2) is 6.87. The lowest BCUT2D eigenvalue weighted by atomic mass is 10.1. The van der Waals surface area contributed by atoms with E-state index in [0.29, 0.717) is 5.69 Å². The van der Waals surface area contributed by atoms with Gasteiger partial charge in [-0.1, -0.05) is 6.07 Å². The van der Waals surface area contributed by atoms with Gasteiger partial charge in [0.05, 0.1) is 24.0 Å². The maximum atomic E-state index is 13.9. The minimum Gasteiger partial charge on any atom is -0.465 e. The molecule has 0 atom stereocenters. The van der Waals surface area contributed by atoms with Crippen LogP contribution in [0.5, 0.6) is 0 Å². The number of nitrogens with zero attached hydrogens (tertiary/aromatic N) is 4. The van der Waals surface area contributed by atoms with Gasteiger partial charge in [-0.2, -0.15) is 0 Å². The Kier molecular flexibility index (Phi) is 4.46. The third-order valence-electron chi connectivity index (χ3n) is 3.36. The molecule has 1 heterocycles. The summed E-state index contributed by atoms with van der Waals surface area (Å²) < 4.78 is 19.9. The zero-order chi connectivity index (χ0) is 17.8. The van der Waals surface area contributed by atoms with Crippen molar-refractivity contribution in [3.63, 3.8) is 0 Å². The quantitative estimate of drug-likeness (QED) is 0.727. The van der Waals surface area contributed by atoms with Crippen molar-refractivity contribution in [2.75, 3.05) is 12.4 Å². The van der Waals surface area contributed by atoms with Gasteiger partial charge in [-0.05, 0) is 46.8 Å². The van der Waals surface area contributed by atoms with Gasteiger partial charge in [0.2, 0.25) is 0 Å². The van der Waals surface area contributed by atoms with Gasteiger partial charge in [-0.3, -0.25) is 4.79 Å². The molecule has 0 radical (unpaired) electrons. The van der Waals surface area contributed by atoms with Gasteiger partial charge in [0, 0.05) is 5.56 Å². The average Bonchev–Trinajstić information content (AvgIpc) is 3.17. The van der Waals surface area contributed by atoms with Crippen molar-refractivity contribution >= 4 is 17.6 Å². The van der Waals surface area contributed by atoms with Gasteiger partial charge in [-0.25, -0.2) is 13.9 Å². The predicted molar refractivity (Wildman–Crippen MR) is 84.8 cm³/mol. The number of hydrogen-bond donors (Lipinski definition) is 1. The Labute approximate surface area is 141 Å². The number of anilines is 1. The molecule has 1 amide bonds. The van der Waals surface area contributed by atoms with Crippen LogP contribution in [0.15, 0.2) is 48.8 Å². The summed E-state index contributed by atoms with van der Waals surface area (Å²) in [5.41, 5.74) is 0.847. The molecule has 25 heavy (non-hydrogen) atoms. The number of tetrazole rings is 1. The molecule has 2 aromatic carbocycles. The average molecular weight is 341 g/mol. The fraction of sp³-hybridized carbons (Fsp3) is 0.0625. The van der Waals surface area contributed by atoms with E-state index in [2.05, 4.69) is 25.6 Å². The number of aromatic nitrogens is 4. The summed E-state index contributed by atoms with van der Waals surface area (Å²) in [5, 5.41) is 13.2. The molecule has 0 spiro atoms. The fourth-order valence-electron chi connectivity index (χ4n) is 2.13. The van der Waals surface area contributed by atoms with Crippen molar-refractivity contribution in [2.24, 2.45) is 0 Å². The summed E-state index contributed by atoms with van der Waals surface area (Å²) in [6.07, 6.45) is 1.39. The normalized spacial score (nSPS) is 10.3. The van der Waals surface area contributed by atoms with E-state index in [1.54, 1.807) is 24.3 Å². The minimum absolute atomic E-state index is 0.124. The fourth-order valence-corrected chi connectivity index (χ4v) is 2.13. The van der Waals surface area contributed by atoms with Crippen molar-refractivity contribution < 1.29 is 18.7 Å². The first-order valence-corrected chi connectivity index (χ1v) is 7.11. The topological polar surface area (TPSA) is 99.0 Å². The van der Waals surface area contributed by atoms with Crippen molar-refractivity contribution in [3.05, 3.63) is 65.7 Å². The standard InChI is InChI=1S/C16H12FN5O3/c1-25-16(24)11-5-6-13(17)14(8-11)19-15(23)10-3-2-4-12(7-10)22-9-18-20-21-22/h2-9H,1H3,(H,19,23). The van der Waals surface area contributed by atoms with Crippen LogP contribution >= 0.6 is 0 Å². The summed E-state index contributed by atoms with van der Waals surface area (Å²) >= 11 is 0. The van der Waals surface area contributed by atoms with Gasteiger partial charge in [0.25, 0.3) is 5.91 Å². The van der Waals surface area contributed by atoms with Gasteiger partial charge in [0.15, 0.2) is 0 Å². The SMILES string of the molecule is COC(=O)c1ccc(F)c(NC(=O)c2cccc(-n3cnnn3)c2)c1. The Hall–Kier alpha value is -3.62. The molecule has 1 N–H and O–H groups in total. The molecule has 0 saturated heterocycles. The second-order valence-electron chi connectivity index (χ2n) is 4.95. The van der Waals surface area contributed by atoms with Crippen molar-refractivity contribution in [1.82, 2.24) is 20.2 Å². The molecule has 0 bridgehead atoms. The number of methoxy groups -OCH3 is 1. The van der Waals surface area contributed by atoms with Crippen molar-refractivity contribution in [2.45, 2.75) is 0 Å². The first-order valence-electron chi connectivity index (χ1n) is 7.11. The monoisotopic (exact) mass is 341 g/mol. The van der Waals surface area contributed by atoms with E-state index in [1.165, 1.54) is 30.3 Å². The number of halogens is 1. The molecule has 0 aliphatic heterocycles. The Morgan fingerprint density at radius 1 is 1.16 bits per heavy atom. The highest BCUT2D eigenvalue weighted by molar-refractivity contribution is 6.05. The van der Waals surface area contributed by atoms with E-state index >= 15 is 0 Å². The molecular formula is C16H12FN5O3. The predicted octanol–water partition coefficient (Wildman–Crippen LogP) is 1.84. The zero-order valence-electron chi connectivity index (χ0n) is 13.0. The molecule has 0 aliphatic rings. The molecule has 126 valence electrons. The highest BCUT2D eigenvalue weighted by Crippen LogP contribution is 2.18. The molecule has 1 aromatic heterocycles. The highest BCUT2D eigenvalue weighted by Gasteiger charge is 2.14. The van der Waals surface area contributed by atoms with E-state index in [4.69, 9.17) is 0 Å². The van der Waals surface area contributed by atoms with Crippen molar-refractivity contribution in [3.8, 4) is 5.69 Å². The van der Waals surface area contributed by atoms with Gasteiger partial charge in [-0.15, -0.1) is 5.10 Å². The van der Waals surface area contributed by atoms with Gasteiger partial charge in [0.1, 0.15) is 12.1 Å². The number of esters is 1. The Morgan fingerprint density at radius 3 is 2.72 bits per heavy atom. The van der Waals surface area contributed by atoms with E-state index < -0.39 is 17.7 Å². The van der Waals surface area contributed by atoms with Crippen LogP contribution in [0.4, 0.5) is 10.1 Å². The number of rotatable bonds is 4. The number of ether oxygens (including phenoxy) is 1. The summed E-state index contributed by atoms with van der Waals surface area (Å²) in [6, 6.07) is 10.0. The van der Waals surface area contributed by atoms with E-state index in [1.807, 2.05) is 0 Å². The van der Waals surface area contributed by atoms with Crippen LogP contribution in [0.2, 0.25) is 0 Å². The number of carbonyl (C=O) groups excluding carboxylic acids is 2. The molecule has 0 aliphatic carbocycles. The maximum Gasteiger partial charge on any atom is 0.337 e. The van der Waals surface area contributed by atoms with Crippen LogP contribution in [0.25, 0.3) is 5.69 Å². The van der Waals surface area contributed by atoms with Gasteiger partial charge < -0.3 is 10.1 Å². The molecule has 0 unspecified atom stereocenters. The largest absolute Gasteiger partial charge is 0.465 e. The number of benzene rings is 2. The second-order valence-corrected chi connectivity index (χ2v) is 4.95. The maximum absolute atomic E-state index is 13.9. The summed E-state index contributed by atoms with van der Waals surface area (Å²) in [7, 11) is 1.22. The minimum atomic E-state index is -0.669. The third kappa shape index (κ3) is 3.50. The van der Waals surface area contributed by atoms with E-state index in [9.17, 15) is 14.0 Å². The number of carbonyl (C=O) groups is 2. The molecule has 3 rings (SSSR count). The summed E-state index contributed by atoms with van der Waals surface area (Å²) in [6.45, 7) is 0. The number of amides is 1. The molecular weight excluding hydrogens is 329 g/mol. The summed E-state index contributed by atoms with van der Waals surface area (Å²) in [4.78, 5) is 23.9. The zero-order valence-corrected chi connectivity index (χ0v) is 13.0. The van der Waals surface area contributed by atoms with Crippen LogP contribution < -0.4 is 5.32 Å². The smallest absolute Gasteiger partial charge is 0.337 e. The Balaban J connectivity index is 1.85. The molecule has 9 heteroatoms. The van der Waals surface area contributed by atoms with Crippen LogP contribution in [-0.4, -0.2) is 39.2 Å². The lowest BCUT2D eigenvalue weighted by Gasteiger charge is -2.09.